The first-order valence-corrected chi connectivity index (χ1v) is 9.86. The number of hydrogen-bond acceptors (Lipinski definition) is 4. The van der Waals surface area contributed by atoms with E-state index in [1.54, 1.807) is 0 Å². The molecule has 0 aliphatic carbocycles. The lowest BCUT2D eigenvalue weighted by molar-refractivity contribution is 0.494. The minimum absolute atomic E-state index is 0.527. The van der Waals surface area contributed by atoms with Crippen molar-refractivity contribution in [1.82, 2.24) is 15.0 Å². The van der Waals surface area contributed by atoms with E-state index in [4.69, 9.17) is 9.97 Å². The summed E-state index contributed by atoms with van der Waals surface area (Å²) < 4.78 is 0. The summed E-state index contributed by atoms with van der Waals surface area (Å²) in [6.07, 6.45) is 4.08. The molecule has 0 unspecified atom stereocenters. The summed E-state index contributed by atoms with van der Waals surface area (Å²) in [7, 11) is 0. The predicted octanol–water partition coefficient (Wildman–Crippen LogP) is 5.08. The summed E-state index contributed by atoms with van der Waals surface area (Å²) in [6.45, 7) is 1.97. The van der Waals surface area contributed by atoms with E-state index in [2.05, 4.69) is 52.3 Å². The molecule has 0 saturated carbocycles. The van der Waals surface area contributed by atoms with E-state index in [1.807, 2.05) is 36.5 Å². The van der Waals surface area contributed by atoms with Gasteiger partial charge in [0.2, 0.25) is 0 Å². The van der Waals surface area contributed by atoms with Crippen LogP contribution in [-0.2, 0) is 0 Å². The number of para-hydroxylation sites is 1. The lowest BCUT2D eigenvalue weighted by atomic mass is 9.93. The minimum atomic E-state index is 0.527. The van der Waals surface area contributed by atoms with Crippen molar-refractivity contribution >= 4 is 16.7 Å². The number of anilines is 1. The van der Waals surface area contributed by atoms with Crippen LogP contribution in [0, 0.1) is 0 Å². The van der Waals surface area contributed by atoms with Crippen molar-refractivity contribution in [3.63, 3.8) is 0 Å². The van der Waals surface area contributed by atoms with Gasteiger partial charge in [0.1, 0.15) is 5.82 Å². The quantitative estimate of drug-likeness (QED) is 0.507. The van der Waals surface area contributed by atoms with Gasteiger partial charge in [0.15, 0.2) is 5.82 Å². The monoisotopic (exact) mass is 366 g/mol. The molecule has 1 saturated heterocycles. The van der Waals surface area contributed by atoms with Crippen molar-refractivity contribution in [2.45, 2.75) is 18.8 Å². The molecular formula is C24H22N4. The highest BCUT2D eigenvalue weighted by Gasteiger charge is 2.24. The molecule has 4 nitrogen and oxygen atoms in total. The van der Waals surface area contributed by atoms with Gasteiger partial charge in [0.25, 0.3) is 0 Å². The smallest absolute Gasteiger partial charge is 0.162 e. The fourth-order valence-electron chi connectivity index (χ4n) is 4.02. The van der Waals surface area contributed by atoms with Gasteiger partial charge in [-0.15, -0.1) is 0 Å². The molecule has 1 aliphatic heterocycles. The summed E-state index contributed by atoms with van der Waals surface area (Å²) in [5, 5.41) is 1.12. The second-order valence-corrected chi connectivity index (χ2v) is 7.27. The minimum Gasteiger partial charge on any atom is -0.356 e. The van der Waals surface area contributed by atoms with E-state index in [0.29, 0.717) is 5.92 Å². The van der Waals surface area contributed by atoms with E-state index in [1.165, 1.54) is 5.69 Å². The normalized spacial score (nSPS) is 15.1. The van der Waals surface area contributed by atoms with E-state index in [9.17, 15) is 0 Å². The average Bonchev–Trinajstić information content (AvgIpc) is 2.80. The highest BCUT2D eigenvalue weighted by atomic mass is 15.2. The van der Waals surface area contributed by atoms with E-state index in [-0.39, 0.29) is 0 Å². The third-order valence-corrected chi connectivity index (χ3v) is 5.52. The summed E-state index contributed by atoms with van der Waals surface area (Å²) >= 11 is 0. The van der Waals surface area contributed by atoms with Crippen molar-refractivity contribution in [2.24, 2.45) is 0 Å². The van der Waals surface area contributed by atoms with E-state index in [0.717, 1.165) is 54.0 Å². The molecule has 3 heterocycles. The Bertz CT molecular complexity index is 1070. The standard InChI is InChI=1S/C24H22N4/c1-2-8-19(9-3-1)23-26-22-12-5-4-10-20(22)24(27-23)28-16-13-18(14-17-28)21-11-6-7-15-25-21/h1-12,15,18H,13-14,16-17H2. The Morgan fingerprint density at radius 2 is 1.50 bits per heavy atom. The Hall–Kier alpha value is -3.27. The largest absolute Gasteiger partial charge is 0.356 e. The van der Waals surface area contributed by atoms with Crippen LogP contribution < -0.4 is 4.90 Å². The molecule has 0 atom stereocenters. The van der Waals surface area contributed by atoms with Crippen LogP contribution in [0.5, 0.6) is 0 Å². The maximum atomic E-state index is 4.99. The topological polar surface area (TPSA) is 41.9 Å². The lowest BCUT2D eigenvalue weighted by Crippen LogP contribution is -2.34. The maximum Gasteiger partial charge on any atom is 0.162 e. The molecule has 2 aromatic heterocycles. The molecule has 28 heavy (non-hydrogen) atoms. The third-order valence-electron chi connectivity index (χ3n) is 5.52. The van der Waals surface area contributed by atoms with Crippen molar-refractivity contribution in [3.8, 4) is 11.4 Å². The summed E-state index contributed by atoms with van der Waals surface area (Å²) in [5.74, 6) is 2.37. The Labute approximate surface area is 164 Å². The zero-order valence-corrected chi connectivity index (χ0v) is 15.7. The molecule has 0 bridgehead atoms. The first-order valence-electron chi connectivity index (χ1n) is 9.86. The molecule has 0 amide bonds. The van der Waals surface area contributed by atoms with Crippen LogP contribution in [0.2, 0.25) is 0 Å². The van der Waals surface area contributed by atoms with Gasteiger partial charge in [0.05, 0.1) is 5.52 Å². The Morgan fingerprint density at radius 3 is 2.29 bits per heavy atom. The number of benzene rings is 2. The van der Waals surface area contributed by atoms with Gasteiger partial charge in [-0.1, -0.05) is 48.5 Å². The highest BCUT2D eigenvalue weighted by Crippen LogP contribution is 2.33. The van der Waals surface area contributed by atoms with Crippen LogP contribution in [0.25, 0.3) is 22.3 Å². The molecule has 0 spiro atoms. The molecule has 5 rings (SSSR count). The molecular weight excluding hydrogens is 344 g/mol. The van der Waals surface area contributed by atoms with Crippen LogP contribution in [0.4, 0.5) is 5.82 Å². The van der Waals surface area contributed by atoms with Gasteiger partial charge in [0, 0.05) is 41.8 Å². The fraction of sp³-hybridized carbons (Fsp3) is 0.208. The molecule has 1 fully saturated rings. The van der Waals surface area contributed by atoms with Gasteiger partial charge in [-0.05, 0) is 37.1 Å². The number of hydrogen-bond donors (Lipinski definition) is 0. The van der Waals surface area contributed by atoms with E-state index < -0.39 is 0 Å². The molecule has 1 aliphatic rings. The van der Waals surface area contributed by atoms with Crippen molar-refractivity contribution in [3.05, 3.63) is 84.7 Å². The van der Waals surface area contributed by atoms with Crippen LogP contribution in [-0.4, -0.2) is 28.0 Å². The van der Waals surface area contributed by atoms with Crippen LogP contribution in [0.3, 0.4) is 0 Å². The molecule has 0 N–H and O–H groups in total. The number of rotatable bonds is 3. The highest BCUT2D eigenvalue weighted by molar-refractivity contribution is 5.91. The summed E-state index contributed by atoms with van der Waals surface area (Å²) in [5.41, 5.74) is 3.26. The zero-order valence-electron chi connectivity index (χ0n) is 15.7. The predicted molar refractivity (Wildman–Crippen MR) is 113 cm³/mol. The molecule has 4 aromatic rings. The van der Waals surface area contributed by atoms with Gasteiger partial charge in [-0.3, -0.25) is 4.98 Å². The number of piperidine rings is 1. The van der Waals surface area contributed by atoms with Gasteiger partial charge < -0.3 is 4.90 Å². The Kier molecular flexibility index (Phi) is 4.45. The van der Waals surface area contributed by atoms with Crippen molar-refractivity contribution < 1.29 is 0 Å². The number of pyridine rings is 1. The number of aromatic nitrogens is 3. The van der Waals surface area contributed by atoms with Gasteiger partial charge in [-0.25, -0.2) is 9.97 Å². The van der Waals surface area contributed by atoms with Crippen LogP contribution in [0.15, 0.2) is 79.0 Å². The molecule has 4 heteroatoms. The second kappa shape index (κ2) is 7.39. The summed E-state index contributed by atoms with van der Waals surface area (Å²) in [4.78, 5) is 16.8. The first kappa shape index (κ1) is 16.9. The SMILES string of the molecule is c1ccc(-c2nc(N3CCC(c4ccccn4)CC3)c3ccccc3n2)cc1. The van der Waals surface area contributed by atoms with Gasteiger partial charge >= 0.3 is 0 Å². The van der Waals surface area contributed by atoms with Crippen LogP contribution in [0.1, 0.15) is 24.5 Å². The first-order chi connectivity index (χ1) is 13.9. The van der Waals surface area contributed by atoms with E-state index >= 15 is 0 Å². The second-order valence-electron chi connectivity index (χ2n) is 7.27. The summed E-state index contributed by atoms with van der Waals surface area (Å²) in [6, 6.07) is 24.8. The molecule has 0 radical (unpaired) electrons. The maximum absolute atomic E-state index is 4.99. The third kappa shape index (κ3) is 3.22. The molecule has 2 aromatic carbocycles. The Balaban J connectivity index is 1.49. The van der Waals surface area contributed by atoms with Crippen LogP contribution >= 0.6 is 0 Å². The fourth-order valence-corrected chi connectivity index (χ4v) is 4.02. The lowest BCUT2D eigenvalue weighted by Gasteiger charge is -2.33. The van der Waals surface area contributed by atoms with Crippen molar-refractivity contribution in [2.75, 3.05) is 18.0 Å². The number of fused-ring (bicyclic) bond motifs is 1. The zero-order chi connectivity index (χ0) is 18.8. The number of nitrogens with zero attached hydrogens (tertiary/aromatic N) is 4. The Morgan fingerprint density at radius 1 is 0.750 bits per heavy atom. The molecule has 138 valence electrons. The average molecular weight is 366 g/mol. The van der Waals surface area contributed by atoms with Crippen molar-refractivity contribution in [1.29, 1.82) is 0 Å². The van der Waals surface area contributed by atoms with Gasteiger partial charge in [-0.2, -0.15) is 0 Å².